The van der Waals surface area contributed by atoms with Crippen LogP contribution in [-0.2, 0) is 18.3 Å². The molecule has 0 radical (unpaired) electrons. The Kier molecular flexibility index (Phi) is 7.92. The second-order valence-corrected chi connectivity index (χ2v) is 7.34. The van der Waals surface area contributed by atoms with Crippen LogP contribution in [0.4, 0.5) is 4.79 Å². The number of aromatic nitrogens is 2. The van der Waals surface area contributed by atoms with Crippen LogP contribution >= 0.6 is 0 Å². The number of carbonyl (C=O) groups is 1. The highest BCUT2D eigenvalue weighted by Crippen LogP contribution is 2.16. The van der Waals surface area contributed by atoms with E-state index in [1.807, 2.05) is 52.4 Å². The summed E-state index contributed by atoms with van der Waals surface area (Å²) in [5, 5.41) is 13.7. The molecule has 0 aliphatic carbocycles. The third kappa shape index (κ3) is 6.93. The first-order chi connectivity index (χ1) is 12.1. The highest BCUT2D eigenvalue weighted by Gasteiger charge is 2.30. The summed E-state index contributed by atoms with van der Waals surface area (Å²) in [5.41, 5.74) is 0.120. The van der Waals surface area contributed by atoms with Gasteiger partial charge in [-0.2, -0.15) is 5.10 Å². The molecule has 1 heterocycles. The third-order valence-corrected chi connectivity index (χ3v) is 4.30. The number of rotatable bonds is 7. The fraction of sp³-hybridized carbons (Fsp3) is 0.722. The van der Waals surface area contributed by atoms with E-state index in [0.29, 0.717) is 19.0 Å². The number of amides is 1. The number of hydrogen-bond acceptors (Lipinski definition) is 4. The number of nitrogens with zero attached hydrogens (tertiary/aromatic N) is 3. The molecule has 0 saturated heterocycles. The standard InChI is InChI=1S/C18H34N6O2/c1-8-18(9-2,23-16(25)26-17(3,4)5)13-21-15(19-6)20-12-14-10-11-22-24(14)7/h10-11H,8-9,12-13H2,1-7H3,(H,23,25)(H2,19,20,21). The molecule has 3 N–H and O–H groups in total. The number of alkyl carbamates (subject to hydrolysis) is 1. The molecule has 0 aliphatic heterocycles. The SMILES string of the molecule is CCC(CC)(CNC(=NC)NCc1ccnn1C)NC(=O)OC(C)(C)C. The molecule has 0 aromatic carbocycles. The van der Waals surface area contributed by atoms with Crippen LogP contribution in [0.1, 0.15) is 53.2 Å². The number of hydrogen-bond donors (Lipinski definition) is 3. The van der Waals surface area contributed by atoms with Crippen molar-refractivity contribution in [2.75, 3.05) is 13.6 Å². The zero-order valence-corrected chi connectivity index (χ0v) is 17.1. The average molecular weight is 367 g/mol. The third-order valence-electron chi connectivity index (χ3n) is 4.30. The molecule has 0 aliphatic rings. The van der Waals surface area contributed by atoms with E-state index in [2.05, 4.69) is 26.0 Å². The van der Waals surface area contributed by atoms with E-state index in [9.17, 15) is 4.79 Å². The molecule has 1 rings (SSSR count). The number of aliphatic imine (C=N–C) groups is 1. The molecule has 1 amide bonds. The molecule has 0 fully saturated rings. The number of aryl methyl sites for hydroxylation is 1. The van der Waals surface area contributed by atoms with Crippen molar-refractivity contribution in [2.45, 2.75) is 65.1 Å². The fourth-order valence-electron chi connectivity index (χ4n) is 2.46. The van der Waals surface area contributed by atoms with Crippen molar-refractivity contribution in [3.8, 4) is 0 Å². The summed E-state index contributed by atoms with van der Waals surface area (Å²) in [6, 6.07) is 1.95. The topological polar surface area (TPSA) is 92.6 Å². The van der Waals surface area contributed by atoms with Crippen molar-refractivity contribution in [3.05, 3.63) is 18.0 Å². The van der Waals surface area contributed by atoms with Crippen LogP contribution in [0.5, 0.6) is 0 Å². The highest BCUT2D eigenvalue weighted by atomic mass is 16.6. The number of guanidine groups is 1. The van der Waals surface area contributed by atoms with Crippen molar-refractivity contribution in [3.63, 3.8) is 0 Å². The van der Waals surface area contributed by atoms with Gasteiger partial charge in [-0.3, -0.25) is 9.67 Å². The monoisotopic (exact) mass is 366 g/mol. The normalized spacial score (nSPS) is 12.7. The van der Waals surface area contributed by atoms with E-state index in [1.54, 1.807) is 13.2 Å². The molecule has 1 aromatic heterocycles. The lowest BCUT2D eigenvalue weighted by molar-refractivity contribution is 0.0448. The van der Waals surface area contributed by atoms with Gasteiger partial charge < -0.3 is 20.7 Å². The van der Waals surface area contributed by atoms with E-state index in [0.717, 1.165) is 18.5 Å². The Morgan fingerprint density at radius 2 is 1.92 bits per heavy atom. The molecule has 26 heavy (non-hydrogen) atoms. The lowest BCUT2D eigenvalue weighted by atomic mass is 9.93. The summed E-state index contributed by atoms with van der Waals surface area (Å²) in [5.74, 6) is 0.670. The maximum absolute atomic E-state index is 12.2. The van der Waals surface area contributed by atoms with Crippen LogP contribution in [-0.4, -0.2) is 46.6 Å². The summed E-state index contributed by atoms with van der Waals surface area (Å²) in [6.07, 6.45) is 2.90. The molecule has 148 valence electrons. The maximum atomic E-state index is 12.2. The predicted molar refractivity (Wildman–Crippen MR) is 104 cm³/mol. The van der Waals surface area contributed by atoms with Crippen LogP contribution in [0.2, 0.25) is 0 Å². The molecule has 1 aromatic rings. The van der Waals surface area contributed by atoms with Crippen LogP contribution in [0, 0.1) is 0 Å². The minimum atomic E-state index is -0.522. The molecule has 0 spiro atoms. The van der Waals surface area contributed by atoms with Crippen molar-refractivity contribution in [1.29, 1.82) is 0 Å². The van der Waals surface area contributed by atoms with Gasteiger partial charge in [0.2, 0.25) is 0 Å². The highest BCUT2D eigenvalue weighted by molar-refractivity contribution is 5.79. The van der Waals surface area contributed by atoms with E-state index >= 15 is 0 Å². The Balaban J connectivity index is 2.64. The number of ether oxygens (including phenoxy) is 1. The summed E-state index contributed by atoms with van der Waals surface area (Å²) < 4.78 is 7.22. The smallest absolute Gasteiger partial charge is 0.408 e. The van der Waals surface area contributed by atoms with Crippen molar-refractivity contribution < 1.29 is 9.53 Å². The van der Waals surface area contributed by atoms with Crippen molar-refractivity contribution >= 4 is 12.1 Å². The Morgan fingerprint density at radius 3 is 2.38 bits per heavy atom. The minimum absolute atomic E-state index is 0.402. The van der Waals surface area contributed by atoms with E-state index < -0.39 is 17.2 Å². The van der Waals surface area contributed by atoms with E-state index in [4.69, 9.17) is 4.74 Å². The van der Waals surface area contributed by atoms with Gasteiger partial charge in [-0.1, -0.05) is 13.8 Å². The first kappa shape index (κ1) is 21.8. The second-order valence-electron chi connectivity index (χ2n) is 7.34. The fourth-order valence-corrected chi connectivity index (χ4v) is 2.46. The van der Waals surface area contributed by atoms with Gasteiger partial charge in [0.1, 0.15) is 5.60 Å². The van der Waals surface area contributed by atoms with Crippen LogP contribution in [0.3, 0.4) is 0 Å². The van der Waals surface area contributed by atoms with Crippen LogP contribution in [0.25, 0.3) is 0 Å². The molecular weight excluding hydrogens is 332 g/mol. The second kappa shape index (κ2) is 9.45. The zero-order chi connectivity index (χ0) is 19.8. The van der Waals surface area contributed by atoms with Gasteiger partial charge in [0.05, 0.1) is 17.8 Å². The van der Waals surface area contributed by atoms with Crippen molar-refractivity contribution in [2.24, 2.45) is 12.0 Å². The average Bonchev–Trinajstić information content (AvgIpc) is 2.97. The largest absolute Gasteiger partial charge is 0.444 e. The minimum Gasteiger partial charge on any atom is -0.444 e. The van der Waals surface area contributed by atoms with Gasteiger partial charge >= 0.3 is 6.09 Å². The van der Waals surface area contributed by atoms with Gasteiger partial charge in [-0.25, -0.2) is 4.79 Å². The first-order valence-electron chi connectivity index (χ1n) is 9.07. The Labute approximate surface area is 156 Å². The quantitative estimate of drug-likeness (QED) is 0.508. The molecule has 8 heteroatoms. The maximum Gasteiger partial charge on any atom is 0.408 e. The summed E-state index contributed by atoms with van der Waals surface area (Å²) in [4.78, 5) is 16.5. The zero-order valence-electron chi connectivity index (χ0n) is 17.1. The Bertz CT molecular complexity index is 599. The summed E-state index contributed by atoms with van der Waals surface area (Å²) >= 11 is 0. The first-order valence-corrected chi connectivity index (χ1v) is 9.07. The van der Waals surface area contributed by atoms with Crippen molar-refractivity contribution in [1.82, 2.24) is 25.7 Å². The van der Waals surface area contributed by atoms with E-state index in [-0.39, 0.29) is 0 Å². The van der Waals surface area contributed by atoms with Gasteiger partial charge in [-0.05, 0) is 39.7 Å². The Morgan fingerprint density at radius 1 is 1.27 bits per heavy atom. The van der Waals surface area contributed by atoms with Gasteiger partial charge in [-0.15, -0.1) is 0 Å². The van der Waals surface area contributed by atoms with E-state index in [1.165, 1.54) is 0 Å². The number of nitrogens with one attached hydrogen (secondary N) is 3. The van der Waals surface area contributed by atoms with Gasteiger partial charge in [0, 0.05) is 26.8 Å². The molecule has 0 bridgehead atoms. The van der Waals surface area contributed by atoms with Gasteiger partial charge in [0.25, 0.3) is 0 Å². The molecule has 8 nitrogen and oxygen atoms in total. The molecule has 0 saturated carbocycles. The lowest BCUT2D eigenvalue weighted by Gasteiger charge is -2.34. The number of carbonyl (C=O) groups excluding carboxylic acids is 1. The Hall–Kier alpha value is -2.25. The van der Waals surface area contributed by atoms with Crippen LogP contribution < -0.4 is 16.0 Å². The summed E-state index contributed by atoms with van der Waals surface area (Å²) in [6.45, 7) is 10.8. The summed E-state index contributed by atoms with van der Waals surface area (Å²) in [7, 11) is 3.62. The van der Waals surface area contributed by atoms with Gasteiger partial charge in [0.15, 0.2) is 5.96 Å². The lowest BCUT2D eigenvalue weighted by Crippen LogP contribution is -2.57. The molecule has 0 atom stereocenters. The van der Waals surface area contributed by atoms with Crippen LogP contribution in [0.15, 0.2) is 17.3 Å². The molecule has 0 unspecified atom stereocenters. The predicted octanol–water partition coefficient (Wildman–Crippen LogP) is 2.17. The molecular formula is C18H34N6O2.